The molecular formula is C23H20FN3O4. The number of hydrogen-bond donors (Lipinski definition) is 1. The van der Waals surface area contributed by atoms with Gasteiger partial charge in [-0.05, 0) is 42.5 Å². The third-order valence-electron chi connectivity index (χ3n) is 4.43. The molecule has 0 aliphatic heterocycles. The SMILES string of the molecule is O=C(NCc1cccnc1Oc1cccc(F)c1)N(Cc1ccco1)Cc1ccco1. The van der Waals surface area contributed by atoms with Crippen molar-refractivity contribution in [3.8, 4) is 11.6 Å². The van der Waals surface area contributed by atoms with Gasteiger partial charge in [-0.1, -0.05) is 12.1 Å². The van der Waals surface area contributed by atoms with Crippen molar-refractivity contribution in [3.05, 3.63) is 102 Å². The van der Waals surface area contributed by atoms with Crippen LogP contribution in [0.4, 0.5) is 9.18 Å². The number of furan rings is 2. The molecule has 31 heavy (non-hydrogen) atoms. The number of carbonyl (C=O) groups excluding carboxylic acids is 1. The Labute approximate surface area is 178 Å². The topological polar surface area (TPSA) is 80.7 Å². The molecule has 0 aliphatic rings. The van der Waals surface area contributed by atoms with Gasteiger partial charge in [0, 0.05) is 24.4 Å². The number of nitrogens with one attached hydrogen (secondary N) is 1. The fourth-order valence-corrected chi connectivity index (χ4v) is 2.96. The Morgan fingerprint density at radius 2 is 1.74 bits per heavy atom. The number of benzene rings is 1. The molecule has 0 unspecified atom stereocenters. The van der Waals surface area contributed by atoms with Crippen LogP contribution < -0.4 is 10.1 Å². The molecule has 0 atom stereocenters. The molecule has 2 amide bonds. The van der Waals surface area contributed by atoms with E-state index in [9.17, 15) is 9.18 Å². The summed E-state index contributed by atoms with van der Waals surface area (Å²) in [6, 6.07) is 16.1. The lowest BCUT2D eigenvalue weighted by atomic mass is 10.2. The summed E-state index contributed by atoms with van der Waals surface area (Å²) in [5.74, 6) is 1.51. The lowest BCUT2D eigenvalue weighted by Crippen LogP contribution is -2.38. The van der Waals surface area contributed by atoms with Crippen LogP contribution in [0.25, 0.3) is 0 Å². The Kier molecular flexibility index (Phi) is 6.27. The highest BCUT2D eigenvalue weighted by Gasteiger charge is 2.18. The maximum atomic E-state index is 13.4. The zero-order valence-corrected chi connectivity index (χ0v) is 16.5. The lowest BCUT2D eigenvalue weighted by molar-refractivity contribution is 0.181. The molecule has 3 heterocycles. The van der Waals surface area contributed by atoms with Crippen LogP contribution in [-0.4, -0.2) is 15.9 Å². The van der Waals surface area contributed by atoms with Gasteiger partial charge < -0.3 is 23.8 Å². The van der Waals surface area contributed by atoms with Gasteiger partial charge in [0.15, 0.2) is 0 Å². The van der Waals surface area contributed by atoms with Gasteiger partial charge in [-0.15, -0.1) is 0 Å². The van der Waals surface area contributed by atoms with Gasteiger partial charge >= 0.3 is 6.03 Å². The monoisotopic (exact) mass is 421 g/mol. The van der Waals surface area contributed by atoms with E-state index < -0.39 is 5.82 Å². The second-order valence-corrected chi connectivity index (χ2v) is 6.70. The number of ether oxygens (including phenoxy) is 1. The summed E-state index contributed by atoms with van der Waals surface area (Å²) in [7, 11) is 0. The second kappa shape index (κ2) is 9.62. The first-order valence-corrected chi connectivity index (χ1v) is 9.62. The molecule has 0 bridgehead atoms. The van der Waals surface area contributed by atoms with Crippen LogP contribution in [0.2, 0.25) is 0 Å². The van der Waals surface area contributed by atoms with E-state index in [1.54, 1.807) is 72.2 Å². The van der Waals surface area contributed by atoms with Crippen molar-refractivity contribution in [2.24, 2.45) is 0 Å². The standard InChI is InChI=1S/C23H20FN3O4/c24-18-6-1-7-19(13-18)31-22-17(5-2-10-25-22)14-26-23(28)27(15-20-8-3-11-29-20)16-21-9-4-12-30-21/h1-13H,14-16H2,(H,26,28). The molecule has 0 spiro atoms. The summed E-state index contributed by atoms with van der Waals surface area (Å²) >= 11 is 0. The summed E-state index contributed by atoms with van der Waals surface area (Å²) in [5, 5.41) is 2.87. The van der Waals surface area contributed by atoms with Crippen molar-refractivity contribution in [3.63, 3.8) is 0 Å². The number of urea groups is 1. The van der Waals surface area contributed by atoms with Crippen molar-refractivity contribution in [2.75, 3.05) is 0 Å². The first kappa shape index (κ1) is 20.2. The molecule has 7 nitrogen and oxygen atoms in total. The average Bonchev–Trinajstić information content (AvgIpc) is 3.47. The van der Waals surface area contributed by atoms with Crippen LogP contribution in [0.15, 0.2) is 88.2 Å². The van der Waals surface area contributed by atoms with Gasteiger partial charge in [0.1, 0.15) is 23.1 Å². The number of amides is 2. The number of nitrogens with zero attached hydrogens (tertiary/aromatic N) is 2. The van der Waals surface area contributed by atoms with Crippen LogP contribution in [0, 0.1) is 5.82 Å². The highest BCUT2D eigenvalue weighted by molar-refractivity contribution is 5.74. The Morgan fingerprint density at radius 3 is 2.39 bits per heavy atom. The molecule has 1 aromatic carbocycles. The smallest absolute Gasteiger partial charge is 0.318 e. The van der Waals surface area contributed by atoms with Crippen molar-refractivity contribution in [2.45, 2.75) is 19.6 Å². The molecule has 0 fully saturated rings. The van der Waals surface area contributed by atoms with E-state index in [2.05, 4.69) is 10.3 Å². The predicted molar refractivity (Wildman–Crippen MR) is 110 cm³/mol. The lowest BCUT2D eigenvalue weighted by Gasteiger charge is -2.21. The van der Waals surface area contributed by atoms with Crippen molar-refractivity contribution >= 4 is 6.03 Å². The number of hydrogen-bond acceptors (Lipinski definition) is 5. The molecule has 1 N–H and O–H groups in total. The number of carbonyl (C=O) groups is 1. The third kappa shape index (κ3) is 5.51. The third-order valence-corrected chi connectivity index (χ3v) is 4.43. The second-order valence-electron chi connectivity index (χ2n) is 6.70. The minimum atomic E-state index is -0.408. The number of pyridine rings is 1. The maximum absolute atomic E-state index is 13.4. The van der Waals surface area contributed by atoms with Crippen molar-refractivity contribution in [1.29, 1.82) is 0 Å². The van der Waals surface area contributed by atoms with Gasteiger partial charge in [0.05, 0.1) is 25.6 Å². The summed E-state index contributed by atoms with van der Waals surface area (Å²) in [6.45, 7) is 0.725. The van der Waals surface area contributed by atoms with E-state index in [1.165, 1.54) is 12.1 Å². The van der Waals surface area contributed by atoms with Crippen LogP contribution in [0.1, 0.15) is 17.1 Å². The maximum Gasteiger partial charge on any atom is 0.318 e. The predicted octanol–water partition coefficient (Wildman–Crippen LogP) is 5.11. The minimum absolute atomic E-state index is 0.171. The first-order chi connectivity index (χ1) is 15.2. The zero-order chi connectivity index (χ0) is 21.5. The van der Waals surface area contributed by atoms with E-state index in [0.29, 0.717) is 22.8 Å². The van der Waals surface area contributed by atoms with Crippen LogP contribution >= 0.6 is 0 Å². The van der Waals surface area contributed by atoms with E-state index in [1.807, 2.05) is 0 Å². The number of rotatable bonds is 8. The largest absolute Gasteiger partial charge is 0.467 e. The summed E-state index contributed by atoms with van der Waals surface area (Å²) < 4.78 is 29.9. The van der Waals surface area contributed by atoms with Crippen molar-refractivity contribution < 1.29 is 22.8 Å². The Morgan fingerprint density at radius 1 is 1.00 bits per heavy atom. The molecule has 0 aliphatic carbocycles. The molecule has 0 saturated carbocycles. The quantitative estimate of drug-likeness (QED) is 0.428. The zero-order valence-electron chi connectivity index (χ0n) is 16.5. The molecule has 3 aromatic heterocycles. The Bertz CT molecular complexity index is 1080. The van der Waals surface area contributed by atoms with Gasteiger partial charge in [-0.2, -0.15) is 0 Å². The number of halogens is 1. The Hall–Kier alpha value is -4.07. The van der Waals surface area contributed by atoms with Crippen LogP contribution in [0.3, 0.4) is 0 Å². The molecule has 4 aromatic rings. The summed E-state index contributed by atoms with van der Waals surface area (Å²) in [4.78, 5) is 18.7. The highest BCUT2D eigenvalue weighted by atomic mass is 19.1. The number of aromatic nitrogens is 1. The highest BCUT2D eigenvalue weighted by Crippen LogP contribution is 2.23. The van der Waals surface area contributed by atoms with Gasteiger partial charge in [0.2, 0.25) is 5.88 Å². The van der Waals surface area contributed by atoms with E-state index in [4.69, 9.17) is 13.6 Å². The summed E-state index contributed by atoms with van der Waals surface area (Å²) in [5.41, 5.74) is 0.649. The Balaban J connectivity index is 1.44. The summed E-state index contributed by atoms with van der Waals surface area (Å²) in [6.07, 6.45) is 4.69. The van der Waals surface area contributed by atoms with E-state index >= 15 is 0 Å². The van der Waals surface area contributed by atoms with Gasteiger partial charge in [-0.25, -0.2) is 14.2 Å². The van der Waals surface area contributed by atoms with Gasteiger partial charge in [0.25, 0.3) is 0 Å². The van der Waals surface area contributed by atoms with Crippen LogP contribution in [-0.2, 0) is 19.6 Å². The fraction of sp³-hybridized carbons (Fsp3) is 0.130. The average molecular weight is 421 g/mol. The van der Waals surface area contributed by atoms with Crippen LogP contribution in [0.5, 0.6) is 11.6 Å². The minimum Gasteiger partial charge on any atom is -0.467 e. The fourth-order valence-electron chi connectivity index (χ4n) is 2.96. The van der Waals surface area contributed by atoms with E-state index in [0.717, 1.165) is 0 Å². The first-order valence-electron chi connectivity index (χ1n) is 9.62. The molecular weight excluding hydrogens is 401 g/mol. The normalized spacial score (nSPS) is 10.6. The molecule has 4 rings (SSSR count). The molecule has 158 valence electrons. The van der Waals surface area contributed by atoms with Crippen molar-refractivity contribution in [1.82, 2.24) is 15.2 Å². The van der Waals surface area contributed by atoms with E-state index in [-0.39, 0.29) is 31.5 Å². The van der Waals surface area contributed by atoms with Gasteiger partial charge in [-0.3, -0.25) is 0 Å². The molecule has 8 heteroatoms. The molecule has 0 saturated heterocycles. The molecule has 0 radical (unpaired) electrons.